The summed E-state index contributed by atoms with van der Waals surface area (Å²) in [5, 5.41) is 2.61. The van der Waals surface area contributed by atoms with E-state index in [2.05, 4.69) is 10.0 Å². The van der Waals surface area contributed by atoms with Gasteiger partial charge in [-0.15, -0.1) is 0 Å². The van der Waals surface area contributed by atoms with Gasteiger partial charge in [0.05, 0.1) is 18.0 Å². The van der Waals surface area contributed by atoms with Gasteiger partial charge in [0.2, 0.25) is 15.9 Å². The predicted octanol–water partition coefficient (Wildman–Crippen LogP) is 2.66. The predicted molar refractivity (Wildman–Crippen MR) is 95.7 cm³/mol. The van der Waals surface area contributed by atoms with Crippen molar-refractivity contribution in [1.29, 1.82) is 0 Å². The van der Waals surface area contributed by atoms with Crippen molar-refractivity contribution in [2.24, 2.45) is 0 Å². The third kappa shape index (κ3) is 5.46. The van der Waals surface area contributed by atoms with Crippen LogP contribution in [0.25, 0.3) is 0 Å². The van der Waals surface area contributed by atoms with Gasteiger partial charge in [-0.3, -0.25) is 4.79 Å². The highest BCUT2D eigenvalue weighted by Gasteiger charge is 2.17. The molecule has 0 radical (unpaired) electrons. The van der Waals surface area contributed by atoms with E-state index in [1.54, 1.807) is 13.0 Å². The topological polar surface area (TPSA) is 84.5 Å². The van der Waals surface area contributed by atoms with Crippen molar-refractivity contribution >= 4 is 15.9 Å². The van der Waals surface area contributed by atoms with Crippen LogP contribution in [0.4, 0.5) is 13.2 Å². The van der Waals surface area contributed by atoms with Crippen molar-refractivity contribution in [3.05, 3.63) is 59.4 Å². The number of carbonyl (C=O) groups is 1. The fourth-order valence-corrected chi connectivity index (χ4v) is 3.42. The molecular weight excluding hydrogens is 397 g/mol. The lowest BCUT2D eigenvalue weighted by Crippen LogP contribution is -2.32. The van der Waals surface area contributed by atoms with Crippen molar-refractivity contribution in [2.45, 2.75) is 24.3 Å². The summed E-state index contributed by atoms with van der Waals surface area (Å²) >= 11 is 0. The molecule has 0 saturated heterocycles. The van der Waals surface area contributed by atoms with E-state index in [0.717, 1.165) is 6.07 Å². The lowest BCUT2D eigenvalue weighted by atomic mass is 10.1. The van der Waals surface area contributed by atoms with Crippen molar-refractivity contribution in [3.8, 4) is 5.75 Å². The summed E-state index contributed by atoms with van der Waals surface area (Å²) in [4.78, 5) is 11.5. The normalized spacial score (nSPS) is 12.5. The Kier molecular flexibility index (Phi) is 7.03. The molecule has 0 heterocycles. The molecule has 152 valence electrons. The van der Waals surface area contributed by atoms with Crippen LogP contribution in [0.5, 0.6) is 5.75 Å². The van der Waals surface area contributed by atoms with Gasteiger partial charge in [0, 0.05) is 13.0 Å². The van der Waals surface area contributed by atoms with E-state index in [1.807, 2.05) is 0 Å². The molecule has 1 unspecified atom stereocenters. The molecule has 0 aromatic heterocycles. The van der Waals surface area contributed by atoms with Crippen LogP contribution in [0.15, 0.2) is 41.3 Å². The lowest BCUT2D eigenvalue weighted by Gasteiger charge is -2.15. The molecule has 0 spiro atoms. The monoisotopic (exact) mass is 416 g/mol. The van der Waals surface area contributed by atoms with Gasteiger partial charge in [0.1, 0.15) is 0 Å². The van der Waals surface area contributed by atoms with E-state index < -0.39 is 44.3 Å². The summed E-state index contributed by atoms with van der Waals surface area (Å²) in [6, 6.07) is 5.92. The number of ether oxygens (including phenoxy) is 1. The van der Waals surface area contributed by atoms with Gasteiger partial charge in [0.25, 0.3) is 0 Å². The van der Waals surface area contributed by atoms with Crippen molar-refractivity contribution in [3.63, 3.8) is 0 Å². The first kappa shape index (κ1) is 21.7. The van der Waals surface area contributed by atoms with Gasteiger partial charge in [-0.1, -0.05) is 6.07 Å². The number of hydrogen-bond donors (Lipinski definition) is 2. The highest BCUT2D eigenvalue weighted by Crippen LogP contribution is 2.21. The van der Waals surface area contributed by atoms with Crippen molar-refractivity contribution < 1.29 is 31.1 Å². The van der Waals surface area contributed by atoms with E-state index >= 15 is 0 Å². The molecule has 2 aromatic carbocycles. The standard InChI is InChI=1S/C18H19F3N2O4S/c1-11(12-3-6-17(27-2)16(21)9-12)23-18(24)7-8-22-28(25,26)13-4-5-14(19)15(20)10-13/h3-6,9-11,22H,7-8H2,1-2H3,(H,23,24). The van der Waals surface area contributed by atoms with Gasteiger partial charge < -0.3 is 10.1 Å². The largest absolute Gasteiger partial charge is 0.494 e. The fraction of sp³-hybridized carbons (Fsp3) is 0.278. The molecule has 2 N–H and O–H groups in total. The minimum Gasteiger partial charge on any atom is -0.494 e. The maximum Gasteiger partial charge on any atom is 0.240 e. The van der Waals surface area contributed by atoms with Gasteiger partial charge in [-0.05, 0) is 42.8 Å². The molecule has 1 amide bonds. The number of hydrogen-bond acceptors (Lipinski definition) is 4. The zero-order valence-corrected chi connectivity index (χ0v) is 15.9. The number of sulfonamides is 1. The number of methoxy groups -OCH3 is 1. The van der Waals surface area contributed by atoms with Crippen LogP contribution in [0.1, 0.15) is 24.9 Å². The number of rotatable bonds is 8. The fourth-order valence-electron chi connectivity index (χ4n) is 2.38. The minimum absolute atomic E-state index is 0.0777. The Morgan fingerprint density at radius 2 is 1.79 bits per heavy atom. The number of nitrogens with one attached hydrogen (secondary N) is 2. The molecular formula is C18H19F3N2O4S. The summed E-state index contributed by atoms with van der Waals surface area (Å²) < 4.78 is 70.8. The molecule has 1 atom stereocenters. The molecule has 6 nitrogen and oxygen atoms in total. The SMILES string of the molecule is COc1ccc(C(C)NC(=O)CCNS(=O)(=O)c2ccc(F)c(F)c2)cc1F. The number of halogens is 3. The zero-order valence-electron chi connectivity index (χ0n) is 15.1. The molecule has 2 rings (SSSR count). The van der Waals surface area contributed by atoms with Crippen LogP contribution in [0.2, 0.25) is 0 Å². The Morgan fingerprint density at radius 1 is 1.07 bits per heavy atom. The van der Waals surface area contributed by atoms with Crippen LogP contribution in [-0.2, 0) is 14.8 Å². The Balaban J connectivity index is 1.89. The van der Waals surface area contributed by atoms with Crippen molar-refractivity contribution in [2.75, 3.05) is 13.7 Å². The second-order valence-corrected chi connectivity index (χ2v) is 7.67. The van der Waals surface area contributed by atoms with Crippen LogP contribution in [-0.4, -0.2) is 28.0 Å². The molecule has 0 fully saturated rings. The summed E-state index contributed by atoms with van der Waals surface area (Å²) in [6.45, 7) is 1.39. The number of amides is 1. The molecule has 10 heteroatoms. The summed E-state index contributed by atoms with van der Waals surface area (Å²) in [6.07, 6.45) is -0.202. The molecule has 0 aliphatic rings. The Morgan fingerprint density at radius 3 is 2.39 bits per heavy atom. The minimum atomic E-state index is -4.09. The molecule has 2 aromatic rings. The highest BCUT2D eigenvalue weighted by atomic mass is 32.2. The number of benzene rings is 2. The average Bonchev–Trinajstić information content (AvgIpc) is 2.63. The number of carbonyl (C=O) groups excluding carboxylic acids is 1. The Bertz CT molecular complexity index is 967. The molecule has 0 aliphatic carbocycles. The Labute approximate surface area is 160 Å². The first-order chi connectivity index (χ1) is 13.1. The summed E-state index contributed by atoms with van der Waals surface area (Å²) in [5.74, 6) is -3.42. The first-order valence-electron chi connectivity index (χ1n) is 8.21. The van der Waals surface area contributed by atoms with Crippen LogP contribution in [0, 0.1) is 17.5 Å². The molecule has 28 heavy (non-hydrogen) atoms. The maximum absolute atomic E-state index is 13.7. The third-order valence-electron chi connectivity index (χ3n) is 3.90. The quantitative estimate of drug-likeness (QED) is 0.693. The summed E-state index contributed by atoms with van der Waals surface area (Å²) in [7, 11) is -2.75. The summed E-state index contributed by atoms with van der Waals surface area (Å²) in [5.41, 5.74) is 0.508. The van der Waals surface area contributed by atoms with E-state index in [4.69, 9.17) is 4.74 Å². The van der Waals surface area contributed by atoms with E-state index in [0.29, 0.717) is 17.7 Å². The van der Waals surface area contributed by atoms with Gasteiger partial charge in [0.15, 0.2) is 23.2 Å². The van der Waals surface area contributed by atoms with E-state index in [-0.39, 0.29) is 18.7 Å². The smallest absolute Gasteiger partial charge is 0.240 e. The second-order valence-electron chi connectivity index (χ2n) is 5.91. The zero-order chi connectivity index (χ0) is 20.9. The van der Waals surface area contributed by atoms with E-state index in [1.165, 1.54) is 19.2 Å². The van der Waals surface area contributed by atoms with Crippen molar-refractivity contribution in [1.82, 2.24) is 10.0 Å². The molecule has 0 aliphatic heterocycles. The van der Waals surface area contributed by atoms with Gasteiger partial charge >= 0.3 is 0 Å². The third-order valence-corrected chi connectivity index (χ3v) is 5.36. The van der Waals surface area contributed by atoms with Crippen LogP contribution in [0.3, 0.4) is 0 Å². The van der Waals surface area contributed by atoms with Gasteiger partial charge in [-0.25, -0.2) is 26.3 Å². The van der Waals surface area contributed by atoms with E-state index in [9.17, 15) is 26.4 Å². The Hall–Kier alpha value is -2.59. The molecule has 0 bridgehead atoms. The maximum atomic E-state index is 13.7. The lowest BCUT2D eigenvalue weighted by molar-refractivity contribution is -0.121. The van der Waals surface area contributed by atoms with Crippen LogP contribution < -0.4 is 14.8 Å². The first-order valence-corrected chi connectivity index (χ1v) is 9.70. The van der Waals surface area contributed by atoms with Gasteiger partial charge in [-0.2, -0.15) is 0 Å². The van der Waals surface area contributed by atoms with Crippen LogP contribution >= 0.6 is 0 Å². The second kappa shape index (κ2) is 9.07. The highest BCUT2D eigenvalue weighted by molar-refractivity contribution is 7.89. The average molecular weight is 416 g/mol. The molecule has 0 saturated carbocycles.